The zero-order valence-electron chi connectivity index (χ0n) is 17.4. The van der Waals surface area contributed by atoms with Gasteiger partial charge in [-0.25, -0.2) is 5.06 Å². The van der Waals surface area contributed by atoms with Crippen LogP contribution in [-0.2, 0) is 4.74 Å². The highest BCUT2D eigenvalue weighted by molar-refractivity contribution is 5.99. The molecule has 1 aliphatic heterocycles. The normalized spacial score (nSPS) is 22.7. The lowest BCUT2D eigenvalue weighted by Gasteiger charge is -2.29. The average molecular weight is 429 g/mol. The Bertz CT molecular complexity index is 922. The smallest absolute Gasteiger partial charge is 0.277 e. The van der Waals surface area contributed by atoms with Gasteiger partial charge in [0.15, 0.2) is 0 Å². The van der Waals surface area contributed by atoms with Gasteiger partial charge in [-0.1, -0.05) is 30.3 Å². The maximum atomic E-state index is 12.6. The first-order valence-electron chi connectivity index (χ1n) is 9.85. The predicted octanol–water partition coefficient (Wildman–Crippen LogP) is 0.505. The van der Waals surface area contributed by atoms with Crippen molar-refractivity contribution >= 4 is 17.5 Å². The fraction of sp³-hybridized carbons (Fsp3) is 0.364. The molecule has 9 nitrogen and oxygen atoms in total. The molecule has 9 heteroatoms. The van der Waals surface area contributed by atoms with Crippen molar-refractivity contribution in [2.45, 2.75) is 17.8 Å². The van der Waals surface area contributed by atoms with Crippen LogP contribution in [0, 0.1) is 0 Å². The zero-order valence-corrected chi connectivity index (χ0v) is 17.4. The standard InChI is InChI=1S/C22H27N3O6/c1-24(2)17-11-7-6-10-16(17)20(27)23-12-18-19(26)22(29,14-31-18)13-25(30)21(28)15-8-4-3-5-9-15/h3-11,18-19,26,29-30H,12-14H2,1-2H3,(H,23,27)/t18-,19-,22+/m1/s1. The first-order valence-corrected chi connectivity index (χ1v) is 9.85. The third-order valence-corrected chi connectivity index (χ3v) is 5.22. The van der Waals surface area contributed by atoms with Gasteiger partial charge in [0.25, 0.3) is 11.8 Å². The van der Waals surface area contributed by atoms with E-state index < -0.39 is 30.3 Å². The number of aliphatic hydroxyl groups excluding tert-OH is 1. The molecule has 0 saturated carbocycles. The fourth-order valence-corrected chi connectivity index (χ4v) is 3.49. The Morgan fingerprint density at radius 3 is 2.45 bits per heavy atom. The number of amides is 2. The molecule has 166 valence electrons. The van der Waals surface area contributed by atoms with Crippen LogP contribution >= 0.6 is 0 Å². The Balaban J connectivity index is 1.60. The Hall–Kier alpha value is -2.98. The molecule has 0 unspecified atom stereocenters. The summed E-state index contributed by atoms with van der Waals surface area (Å²) in [7, 11) is 3.65. The van der Waals surface area contributed by atoms with Gasteiger partial charge in [0, 0.05) is 31.9 Å². The van der Waals surface area contributed by atoms with E-state index in [1.54, 1.807) is 30.3 Å². The summed E-state index contributed by atoms with van der Waals surface area (Å²) in [5.74, 6) is -1.06. The highest BCUT2D eigenvalue weighted by Gasteiger charge is 2.49. The lowest BCUT2D eigenvalue weighted by molar-refractivity contribution is -0.133. The van der Waals surface area contributed by atoms with Crippen LogP contribution in [0.15, 0.2) is 54.6 Å². The fourth-order valence-electron chi connectivity index (χ4n) is 3.49. The minimum Gasteiger partial charge on any atom is -0.387 e. The Morgan fingerprint density at radius 1 is 1.13 bits per heavy atom. The molecular formula is C22H27N3O6. The van der Waals surface area contributed by atoms with E-state index in [9.17, 15) is 25.0 Å². The van der Waals surface area contributed by atoms with Crippen molar-refractivity contribution in [1.82, 2.24) is 10.4 Å². The second-order valence-corrected chi connectivity index (χ2v) is 7.75. The molecule has 2 aromatic carbocycles. The number of nitrogens with zero attached hydrogens (tertiary/aromatic N) is 2. The number of hydrogen-bond donors (Lipinski definition) is 4. The van der Waals surface area contributed by atoms with Crippen molar-refractivity contribution < 1.29 is 29.7 Å². The van der Waals surface area contributed by atoms with Crippen LogP contribution < -0.4 is 10.2 Å². The molecule has 0 aliphatic carbocycles. The molecule has 1 fully saturated rings. The van der Waals surface area contributed by atoms with Crippen molar-refractivity contribution in [2.75, 3.05) is 38.7 Å². The van der Waals surface area contributed by atoms with Crippen LogP contribution in [0.5, 0.6) is 0 Å². The summed E-state index contributed by atoms with van der Waals surface area (Å²) in [5, 5.41) is 34.5. The molecule has 1 heterocycles. The molecule has 0 radical (unpaired) electrons. The number of ether oxygens (including phenoxy) is 1. The van der Waals surface area contributed by atoms with E-state index in [-0.39, 0.29) is 24.6 Å². The highest BCUT2D eigenvalue weighted by Crippen LogP contribution is 2.26. The summed E-state index contributed by atoms with van der Waals surface area (Å²) in [6, 6.07) is 15.2. The molecule has 3 atom stereocenters. The molecule has 0 bridgehead atoms. The van der Waals surface area contributed by atoms with Gasteiger partial charge in [-0.2, -0.15) is 0 Å². The second-order valence-electron chi connectivity index (χ2n) is 7.75. The van der Waals surface area contributed by atoms with E-state index >= 15 is 0 Å². The predicted molar refractivity (Wildman–Crippen MR) is 113 cm³/mol. The third kappa shape index (κ3) is 5.02. The van der Waals surface area contributed by atoms with Crippen LogP contribution in [0.25, 0.3) is 0 Å². The second kappa shape index (κ2) is 9.44. The number of hydroxylamine groups is 2. The quantitative estimate of drug-likeness (QED) is 0.374. The number of hydrogen-bond acceptors (Lipinski definition) is 7. The zero-order chi connectivity index (χ0) is 22.6. The maximum absolute atomic E-state index is 12.6. The molecule has 31 heavy (non-hydrogen) atoms. The van der Waals surface area contributed by atoms with Crippen molar-refractivity contribution in [3.8, 4) is 0 Å². The number of anilines is 1. The minimum atomic E-state index is -1.88. The molecular weight excluding hydrogens is 402 g/mol. The molecule has 0 spiro atoms. The summed E-state index contributed by atoms with van der Waals surface area (Å²) in [6.45, 7) is -0.903. The van der Waals surface area contributed by atoms with Crippen LogP contribution in [-0.4, -0.2) is 83.9 Å². The summed E-state index contributed by atoms with van der Waals surface area (Å²) in [4.78, 5) is 26.7. The molecule has 1 saturated heterocycles. The number of rotatable bonds is 7. The molecule has 1 aliphatic rings. The Morgan fingerprint density at radius 2 is 1.77 bits per heavy atom. The first-order chi connectivity index (χ1) is 14.7. The van der Waals surface area contributed by atoms with Gasteiger partial charge >= 0.3 is 0 Å². The number of nitrogens with one attached hydrogen (secondary N) is 1. The maximum Gasteiger partial charge on any atom is 0.277 e. The first kappa shape index (κ1) is 22.7. The SMILES string of the molecule is CN(C)c1ccccc1C(=O)NC[C@H]1OC[C@@](O)(CN(O)C(=O)c2ccccc2)[C@@H]1O. The van der Waals surface area contributed by atoms with E-state index in [1.807, 2.05) is 31.1 Å². The molecule has 4 N–H and O–H groups in total. The van der Waals surface area contributed by atoms with Gasteiger partial charge in [0.05, 0.1) is 18.7 Å². The lowest BCUT2D eigenvalue weighted by atomic mass is 9.96. The van der Waals surface area contributed by atoms with Gasteiger partial charge < -0.3 is 25.2 Å². The Kier molecular flexibility index (Phi) is 6.91. The van der Waals surface area contributed by atoms with Crippen molar-refractivity contribution in [3.05, 3.63) is 65.7 Å². The monoisotopic (exact) mass is 429 g/mol. The number of carbonyl (C=O) groups is 2. The van der Waals surface area contributed by atoms with Gasteiger partial charge in [-0.05, 0) is 24.3 Å². The van der Waals surface area contributed by atoms with Crippen LogP contribution in [0.1, 0.15) is 20.7 Å². The molecule has 3 rings (SSSR count). The van der Waals surface area contributed by atoms with Crippen molar-refractivity contribution in [3.63, 3.8) is 0 Å². The molecule has 0 aromatic heterocycles. The van der Waals surface area contributed by atoms with E-state index in [2.05, 4.69) is 5.32 Å². The van der Waals surface area contributed by atoms with Crippen molar-refractivity contribution in [2.24, 2.45) is 0 Å². The van der Waals surface area contributed by atoms with Crippen LogP contribution in [0.4, 0.5) is 5.69 Å². The lowest BCUT2D eigenvalue weighted by Crippen LogP contribution is -2.54. The van der Waals surface area contributed by atoms with E-state index in [4.69, 9.17) is 4.74 Å². The number of para-hydroxylation sites is 1. The van der Waals surface area contributed by atoms with Gasteiger partial charge in [0.2, 0.25) is 0 Å². The number of carbonyl (C=O) groups excluding carboxylic acids is 2. The summed E-state index contributed by atoms with van der Waals surface area (Å²) < 4.78 is 5.46. The molecule has 2 amide bonds. The summed E-state index contributed by atoms with van der Waals surface area (Å²) >= 11 is 0. The van der Waals surface area contributed by atoms with E-state index in [0.717, 1.165) is 5.69 Å². The van der Waals surface area contributed by atoms with Crippen LogP contribution in [0.2, 0.25) is 0 Å². The number of aliphatic hydroxyl groups is 2. The summed E-state index contributed by atoms with van der Waals surface area (Å²) in [5.41, 5.74) is -0.439. The Labute approximate surface area is 180 Å². The van der Waals surface area contributed by atoms with E-state index in [0.29, 0.717) is 10.6 Å². The average Bonchev–Trinajstić information content (AvgIpc) is 3.05. The third-order valence-electron chi connectivity index (χ3n) is 5.22. The van der Waals surface area contributed by atoms with Gasteiger partial charge in [0.1, 0.15) is 17.8 Å². The van der Waals surface area contributed by atoms with E-state index in [1.165, 1.54) is 12.1 Å². The van der Waals surface area contributed by atoms with Gasteiger partial charge in [-0.15, -0.1) is 0 Å². The van der Waals surface area contributed by atoms with Crippen molar-refractivity contribution in [1.29, 1.82) is 0 Å². The summed E-state index contributed by atoms with van der Waals surface area (Å²) in [6.07, 6.45) is -2.32. The largest absolute Gasteiger partial charge is 0.387 e. The topological polar surface area (TPSA) is 123 Å². The number of benzene rings is 2. The minimum absolute atomic E-state index is 0.0534. The van der Waals surface area contributed by atoms with Gasteiger partial charge in [-0.3, -0.25) is 14.8 Å². The molecule has 2 aromatic rings. The highest BCUT2D eigenvalue weighted by atomic mass is 16.5. The van der Waals surface area contributed by atoms with Crippen LogP contribution in [0.3, 0.4) is 0 Å².